The van der Waals surface area contributed by atoms with Crippen molar-refractivity contribution >= 4 is 40.7 Å². The molecule has 0 aromatic carbocycles. The molecule has 2 rings (SSSR count). The van der Waals surface area contributed by atoms with Crippen molar-refractivity contribution in [1.29, 1.82) is 0 Å². The van der Waals surface area contributed by atoms with Gasteiger partial charge in [-0.2, -0.15) is 0 Å². The molecular weight excluding hydrogens is 475 g/mol. The fourth-order valence-corrected chi connectivity index (χ4v) is 4.97. The second-order valence-corrected chi connectivity index (χ2v) is 8.96. The Morgan fingerprint density at radius 2 is 2.11 bits per heavy atom. The number of nitrogens with zero attached hydrogens (tertiary/aromatic N) is 2. The smallest absolute Gasteiger partial charge is 0.191 e. The molecule has 0 spiro atoms. The quantitative estimate of drug-likeness (QED) is 0.315. The predicted octanol–water partition coefficient (Wildman–Crippen LogP) is 3.94. The molecule has 1 fully saturated rings. The van der Waals surface area contributed by atoms with Crippen LogP contribution in [0.3, 0.4) is 0 Å². The fraction of sp³-hybridized carbons (Fsp3) is 0.789. The van der Waals surface area contributed by atoms with Crippen molar-refractivity contribution < 1.29 is 8.73 Å². The highest BCUT2D eigenvalue weighted by Crippen LogP contribution is 2.23. The molecule has 0 bridgehead atoms. The Bertz CT molecular complexity index is 604. The summed E-state index contributed by atoms with van der Waals surface area (Å²) >= 11 is 0. The molecule has 1 aliphatic carbocycles. The first-order chi connectivity index (χ1) is 12.6. The summed E-state index contributed by atoms with van der Waals surface area (Å²) in [5.74, 6) is 2.79. The molecular formula is C19H35IN4O2S. The number of hydrogen-bond donors (Lipinski definition) is 2. The lowest BCUT2D eigenvalue weighted by molar-refractivity contribution is 0.366. The number of nitrogens with one attached hydrogen (secondary N) is 2. The van der Waals surface area contributed by atoms with Crippen molar-refractivity contribution in [2.24, 2.45) is 4.99 Å². The van der Waals surface area contributed by atoms with Gasteiger partial charge in [0.2, 0.25) is 0 Å². The molecule has 0 saturated heterocycles. The van der Waals surface area contributed by atoms with Crippen LogP contribution in [0.1, 0.15) is 76.7 Å². The summed E-state index contributed by atoms with van der Waals surface area (Å²) in [5, 5.41) is 11.3. The lowest BCUT2D eigenvalue weighted by atomic mass is 9.95. The van der Waals surface area contributed by atoms with Gasteiger partial charge in [-0.15, -0.1) is 24.0 Å². The molecule has 1 saturated carbocycles. The highest BCUT2D eigenvalue weighted by Gasteiger charge is 2.26. The second kappa shape index (κ2) is 12.7. The van der Waals surface area contributed by atoms with Gasteiger partial charge in [0.25, 0.3) is 0 Å². The molecule has 6 nitrogen and oxygen atoms in total. The van der Waals surface area contributed by atoms with Gasteiger partial charge < -0.3 is 15.2 Å². The Kier molecular flexibility index (Phi) is 11.5. The lowest BCUT2D eigenvalue weighted by Crippen LogP contribution is -2.46. The van der Waals surface area contributed by atoms with E-state index in [-0.39, 0.29) is 24.0 Å². The monoisotopic (exact) mass is 510 g/mol. The maximum absolute atomic E-state index is 12.1. The molecule has 0 amide bonds. The summed E-state index contributed by atoms with van der Waals surface area (Å²) in [6, 6.07) is 2.37. The molecule has 0 aliphatic heterocycles. The number of guanidine groups is 1. The van der Waals surface area contributed by atoms with E-state index < -0.39 is 10.8 Å². The highest BCUT2D eigenvalue weighted by atomic mass is 127. The minimum absolute atomic E-state index is 0. The predicted molar refractivity (Wildman–Crippen MR) is 123 cm³/mol. The summed E-state index contributed by atoms with van der Waals surface area (Å²) in [6.07, 6.45) is 6.37. The van der Waals surface area contributed by atoms with E-state index in [4.69, 9.17) is 4.52 Å². The number of hydrogen-bond acceptors (Lipinski definition) is 4. The molecule has 1 aromatic rings. The van der Waals surface area contributed by atoms with Crippen molar-refractivity contribution in [2.45, 2.75) is 83.1 Å². The van der Waals surface area contributed by atoms with Gasteiger partial charge >= 0.3 is 0 Å². The van der Waals surface area contributed by atoms with Crippen LogP contribution in [0, 0.1) is 0 Å². The standard InChI is InChI=1S/C19H34N4O2S.HI/c1-5-14(6-2)18-12-16(25-23-18)13-21-19(20-4)22-15-9-8-10-17(11-15)26(24)7-3;/h12,14-15,17H,5-11,13H2,1-4H3,(H2,20,21,22);1H. The van der Waals surface area contributed by atoms with E-state index in [0.29, 0.717) is 23.8 Å². The maximum Gasteiger partial charge on any atom is 0.191 e. The zero-order chi connectivity index (χ0) is 18.9. The van der Waals surface area contributed by atoms with Crippen molar-refractivity contribution in [3.05, 3.63) is 17.5 Å². The third-order valence-electron chi connectivity index (χ3n) is 5.26. The van der Waals surface area contributed by atoms with E-state index in [1.165, 1.54) is 0 Å². The first kappa shape index (κ1) is 24.4. The molecule has 1 aromatic heterocycles. The first-order valence-electron chi connectivity index (χ1n) is 9.90. The van der Waals surface area contributed by atoms with Crippen LogP contribution >= 0.6 is 24.0 Å². The summed E-state index contributed by atoms with van der Waals surface area (Å²) in [5.41, 5.74) is 1.03. The maximum atomic E-state index is 12.1. The van der Waals surface area contributed by atoms with Crippen LogP contribution in [-0.2, 0) is 17.3 Å². The molecule has 2 N–H and O–H groups in total. The van der Waals surface area contributed by atoms with Gasteiger partial charge in [-0.25, -0.2) is 0 Å². The first-order valence-corrected chi connectivity index (χ1v) is 11.3. The Morgan fingerprint density at radius 3 is 2.74 bits per heavy atom. The molecule has 0 radical (unpaired) electrons. The molecule has 3 unspecified atom stereocenters. The van der Waals surface area contributed by atoms with Crippen molar-refractivity contribution in [3.8, 4) is 0 Å². The normalized spacial score (nSPS) is 21.6. The summed E-state index contributed by atoms with van der Waals surface area (Å²) < 4.78 is 17.6. The Labute approximate surface area is 183 Å². The highest BCUT2D eigenvalue weighted by molar-refractivity contribution is 14.0. The van der Waals surface area contributed by atoms with Gasteiger partial charge in [0.1, 0.15) is 0 Å². The summed E-state index contributed by atoms with van der Waals surface area (Å²) in [6.45, 7) is 6.91. The van der Waals surface area contributed by atoms with Gasteiger partial charge in [-0.1, -0.05) is 32.3 Å². The SMILES string of the molecule is CCC(CC)c1cc(CNC(=NC)NC2CCCC(S(=O)CC)C2)on1.I. The Balaban J connectivity index is 0.00000364. The third kappa shape index (κ3) is 7.36. The molecule has 1 aliphatic rings. The topological polar surface area (TPSA) is 79.5 Å². The second-order valence-electron chi connectivity index (χ2n) is 6.96. The van der Waals surface area contributed by atoms with Crippen LogP contribution in [0.4, 0.5) is 0 Å². The van der Waals surface area contributed by atoms with E-state index in [9.17, 15) is 4.21 Å². The van der Waals surface area contributed by atoms with Crippen LogP contribution in [0.15, 0.2) is 15.6 Å². The number of halogens is 1. The molecule has 8 heteroatoms. The number of rotatable bonds is 8. The molecule has 1 heterocycles. The van der Waals surface area contributed by atoms with Crippen LogP contribution < -0.4 is 10.6 Å². The number of aromatic nitrogens is 1. The van der Waals surface area contributed by atoms with Crippen LogP contribution in [0.2, 0.25) is 0 Å². The molecule has 27 heavy (non-hydrogen) atoms. The van der Waals surface area contributed by atoms with Crippen molar-refractivity contribution in [2.75, 3.05) is 12.8 Å². The number of aliphatic imine (C=N–C) groups is 1. The van der Waals surface area contributed by atoms with Crippen LogP contribution in [0.5, 0.6) is 0 Å². The van der Waals surface area contributed by atoms with E-state index in [2.05, 4.69) is 34.6 Å². The fourth-order valence-electron chi connectivity index (χ4n) is 3.62. The van der Waals surface area contributed by atoms with E-state index in [1.54, 1.807) is 7.05 Å². The van der Waals surface area contributed by atoms with Crippen molar-refractivity contribution in [3.63, 3.8) is 0 Å². The zero-order valence-electron chi connectivity index (χ0n) is 17.0. The average molecular weight is 510 g/mol. The minimum Gasteiger partial charge on any atom is -0.359 e. The minimum atomic E-state index is -0.712. The van der Waals surface area contributed by atoms with E-state index in [1.807, 2.05) is 13.0 Å². The van der Waals surface area contributed by atoms with Gasteiger partial charge in [-0.05, 0) is 32.1 Å². The van der Waals surface area contributed by atoms with Gasteiger partial charge in [0.05, 0.1) is 12.2 Å². The van der Waals surface area contributed by atoms with E-state index >= 15 is 0 Å². The molecule has 3 atom stereocenters. The van der Waals surface area contributed by atoms with E-state index in [0.717, 1.165) is 61.7 Å². The average Bonchev–Trinajstić information content (AvgIpc) is 3.14. The van der Waals surface area contributed by atoms with Crippen LogP contribution in [-0.4, -0.2) is 39.4 Å². The van der Waals surface area contributed by atoms with Gasteiger partial charge in [0.15, 0.2) is 11.7 Å². The van der Waals surface area contributed by atoms with Crippen molar-refractivity contribution in [1.82, 2.24) is 15.8 Å². The molecule has 156 valence electrons. The van der Waals surface area contributed by atoms with Crippen LogP contribution in [0.25, 0.3) is 0 Å². The Morgan fingerprint density at radius 1 is 1.37 bits per heavy atom. The Hall–Kier alpha value is -0.640. The largest absolute Gasteiger partial charge is 0.359 e. The summed E-state index contributed by atoms with van der Waals surface area (Å²) in [7, 11) is 1.06. The zero-order valence-corrected chi connectivity index (χ0v) is 20.1. The lowest BCUT2D eigenvalue weighted by Gasteiger charge is -2.30. The summed E-state index contributed by atoms with van der Waals surface area (Å²) in [4.78, 5) is 4.32. The van der Waals surface area contributed by atoms with Gasteiger partial charge in [0, 0.05) is 46.9 Å². The third-order valence-corrected chi connectivity index (χ3v) is 7.00. The van der Waals surface area contributed by atoms with Gasteiger partial charge in [-0.3, -0.25) is 9.20 Å².